The van der Waals surface area contributed by atoms with Crippen molar-refractivity contribution in [2.45, 2.75) is 13.3 Å². The fourth-order valence-corrected chi connectivity index (χ4v) is 1.43. The Kier molecular flexibility index (Phi) is 1.92. The maximum Gasteiger partial charge on any atom is 0.267 e. The first-order valence-corrected chi connectivity index (χ1v) is 4.34. The van der Waals surface area contributed by atoms with Crippen molar-refractivity contribution in [1.29, 1.82) is 0 Å². The third kappa shape index (κ3) is 1.14. The number of carbonyl (C=O) groups excluding carboxylic acids is 1. The van der Waals surface area contributed by atoms with Crippen LogP contribution in [0.15, 0.2) is 18.6 Å². The molecule has 0 saturated heterocycles. The van der Waals surface area contributed by atoms with E-state index in [4.69, 9.17) is 5.73 Å². The minimum Gasteiger partial charge on any atom is -0.364 e. The molecule has 2 rings (SSSR count). The van der Waals surface area contributed by atoms with Crippen LogP contribution in [-0.2, 0) is 6.42 Å². The van der Waals surface area contributed by atoms with E-state index in [9.17, 15) is 4.79 Å². The summed E-state index contributed by atoms with van der Waals surface area (Å²) in [6, 6.07) is 0. The number of rotatable bonds is 2. The molecule has 0 bridgehead atoms. The monoisotopic (exact) mass is 190 g/mol. The van der Waals surface area contributed by atoms with E-state index in [1.54, 1.807) is 16.8 Å². The number of imidazole rings is 1. The predicted molar refractivity (Wildman–Crippen MR) is 50.9 cm³/mol. The van der Waals surface area contributed by atoms with Crippen LogP contribution in [0.5, 0.6) is 0 Å². The molecule has 0 aromatic carbocycles. The first-order chi connectivity index (χ1) is 6.74. The molecule has 0 spiro atoms. The zero-order valence-corrected chi connectivity index (χ0v) is 7.77. The maximum absolute atomic E-state index is 11.1. The maximum atomic E-state index is 11.1. The van der Waals surface area contributed by atoms with E-state index < -0.39 is 5.91 Å². The van der Waals surface area contributed by atoms with Gasteiger partial charge in [0, 0.05) is 11.9 Å². The molecule has 2 heterocycles. The summed E-state index contributed by atoms with van der Waals surface area (Å²) < 4.78 is 1.73. The number of nitrogens with zero attached hydrogens (tertiary/aromatic N) is 3. The lowest BCUT2D eigenvalue weighted by Crippen LogP contribution is -2.16. The molecule has 2 aromatic rings. The number of hydrogen-bond donors (Lipinski definition) is 1. The summed E-state index contributed by atoms with van der Waals surface area (Å²) in [6.45, 7) is 1.99. The molecule has 5 heteroatoms. The average molecular weight is 190 g/mol. The van der Waals surface area contributed by atoms with E-state index in [0.717, 1.165) is 12.1 Å². The van der Waals surface area contributed by atoms with Gasteiger partial charge in [-0.25, -0.2) is 4.98 Å². The number of primary amides is 1. The molecule has 0 radical (unpaired) electrons. The smallest absolute Gasteiger partial charge is 0.267 e. The molecule has 72 valence electrons. The van der Waals surface area contributed by atoms with Crippen molar-refractivity contribution < 1.29 is 4.79 Å². The minimum absolute atomic E-state index is 0.372. The number of carbonyl (C=O) groups is 1. The van der Waals surface area contributed by atoms with Gasteiger partial charge in [-0.05, 0) is 6.42 Å². The Labute approximate surface area is 80.6 Å². The number of aromatic nitrogens is 3. The molecule has 0 aliphatic rings. The van der Waals surface area contributed by atoms with E-state index in [-0.39, 0.29) is 0 Å². The summed E-state index contributed by atoms with van der Waals surface area (Å²) in [5.41, 5.74) is 7.21. The second-order valence-electron chi connectivity index (χ2n) is 2.95. The Bertz CT molecular complexity index is 489. The molecule has 0 fully saturated rings. The summed E-state index contributed by atoms with van der Waals surface area (Å²) >= 11 is 0. The number of hydrogen-bond acceptors (Lipinski definition) is 3. The second-order valence-corrected chi connectivity index (χ2v) is 2.95. The van der Waals surface area contributed by atoms with Crippen LogP contribution >= 0.6 is 0 Å². The van der Waals surface area contributed by atoms with Gasteiger partial charge in [-0.3, -0.25) is 14.2 Å². The highest BCUT2D eigenvalue weighted by Crippen LogP contribution is 2.09. The van der Waals surface area contributed by atoms with E-state index in [1.165, 1.54) is 6.20 Å². The van der Waals surface area contributed by atoms with Crippen LogP contribution in [0.2, 0.25) is 0 Å². The van der Waals surface area contributed by atoms with E-state index in [2.05, 4.69) is 9.97 Å². The average Bonchev–Trinajstić information content (AvgIpc) is 2.59. The molecule has 1 amide bonds. The summed E-state index contributed by atoms with van der Waals surface area (Å²) in [5.74, 6) is -0.490. The van der Waals surface area contributed by atoms with Crippen LogP contribution in [-0.4, -0.2) is 20.3 Å². The molecule has 2 N–H and O–H groups in total. The van der Waals surface area contributed by atoms with Crippen molar-refractivity contribution in [2.24, 2.45) is 5.73 Å². The number of aryl methyl sites for hydroxylation is 1. The Morgan fingerprint density at radius 3 is 2.93 bits per heavy atom. The van der Waals surface area contributed by atoms with Crippen molar-refractivity contribution in [2.75, 3.05) is 0 Å². The fourth-order valence-electron chi connectivity index (χ4n) is 1.43. The number of amides is 1. The van der Waals surface area contributed by atoms with Gasteiger partial charge in [0.25, 0.3) is 5.91 Å². The molecule has 0 atom stereocenters. The van der Waals surface area contributed by atoms with Gasteiger partial charge in [-0.2, -0.15) is 0 Å². The Morgan fingerprint density at radius 2 is 2.29 bits per heavy atom. The normalized spacial score (nSPS) is 10.6. The van der Waals surface area contributed by atoms with Crippen molar-refractivity contribution in [3.05, 3.63) is 30.0 Å². The summed E-state index contributed by atoms with van der Waals surface area (Å²) in [7, 11) is 0. The lowest BCUT2D eigenvalue weighted by molar-refractivity contribution is 0.0993. The van der Waals surface area contributed by atoms with Crippen molar-refractivity contribution in [1.82, 2.24) is 14.4 Å². The van der Waals surface area contributed by atoms with Gasteiger partial charge in [0.1, 0.15) is 5.69 Å². The Hall–Kier alpha value is -1.91. The quantitative estimate of drug-likeness (QED) is 0.744. The van der Waals surface area contributed by atoms with Crippen molar-refractivity contribution in [3.8, 4) is 0 Å². The Balaban J connectivity index is 2.81. The van der Waals surface area contributed by atoms with Crippen molar-refractivity contribution in [3.63, 3.8) is 0 Å². The summed E-state index contributed by atoms with van der Waals surface area (Å²) in [6.07, 6.45) is 5.58. The van der Waals surface area contributed by atoms with Gasteiger partial charge in [0.05, 0.1) is 12.4 Å². The largest absolute Gasteiger partial charge is 0.364 e. The number of fused-ring (bicyclic) bond motifs is 1. The lowest BCUT2D eigenvalue weighted by atomic mass is 10.3. The van der Waals surface area contributed by atoms with Gasteiger partial charge >= 0.3 is 0 Å². The van der Waals surface area contributed by atoms with Gasteiger partial charge in [-0.1, -0.05) is 6.92 Å². The molecule has 0 saturated carbocycles. The molecule has 0 aliphatic heterocycles. The van der Waals surface area contributed by atoms with Gasteiger partial charge in [0.2, 0.25) is 0 Å². The highest BCUT2D eigenvalue weighted by molar-refractivity contribution is 5.91. The van der Waals surface area contributed by atoms with E-state index in [1.807, 2.05) is 6.92 Å². The minimum atomic E-state index is -0.490. The molecule has 0 unspecified atom stereocenters. The van der Waals surface area contributed by atoms with E-state index >= 15 is 0 Å². The molecule has 0 aliphatic carbocycles. The highest BCUT2D eigenvalue weighted by atomic mass is 16.1. The van der Waals surface area contributed by atoms with Crippen molar-refractivity contribution >= 4 is 11.6 Å². The van der Waals surface area contributed by atoms with E-state index in [0.29, 0.717) is 11.3 Å². The molecule has 5 nitrogen and oxygen atoms in total. The van der Waals surface area contributed by atoms with Crippen LogP contribution in [0.1, 0.15) is 23.1 Å². The lowest BCUT2D eigenvalue weighted by Gasteiger charge is -2.02. The topological polar surface area (TPSA) is 73.3 Å². The van der Waals surface area contributed by atoms with Gasteiger partial charge in [-0.15, -0.1) is 0 Å². The first kappa shape index (κ1) is 8.68. The highest BCUT2D eigenvalue weighted by Gasteiger charge is 2.10. The zero-order chi connectivity index (χ0) is 10.1. The first-order valence-electron chi connectivity index (χ1n) is 4.34. The molecule has 2 aromatic heterocycles. The Morgan fingerprint density at radius 1 is 1.50 bits per heavy atom. The summed E-state index contributed by atoms with van der Waals surface area (Å²) in [4.78, 5) is 19.1. The van der Waals surface area contributed by atoms with Crippen LogP contribution < -0.4 is 5.73 Å². The van der Waals surface area contributed by atoms with Crippen LogP contribution in [0.3, 0.4) is 0 Å². The fraction of sp³-hybridized carbons (Fsp3) is 0.222. The zero-order valence-electron chi connectivity index (χ0n) is 7.77. The predicted octanol–water partition coefficient (Wildman–Crippen LogP) is 0.391. The molecular formula is C9H10N4O. The van der Waals surface area contributed by atoms with Crippen LogP contribution in [0.25, 0.3) is 5.65 Å². The standard InChI is InChI=1S/C9H10N4O/c1-2-6-3-12-8-5-11-4-7(9(10)14)13(6)8/h3-5H,2H2,1H3,(H2,10,14). The number of nitrogens with two attached hydrogens (primary N) is 1. The third-order valence-electron chi connectivity index (χ3n) is 2.10. The van der Waals surface area contributed by atoms with Gasteiger partial charge < -0.3 is 5.73 Å². The summed E-state index contributed by atoms with van der Waals surface area (Å²) in [5, 5.41) is 0. The third-order valence-corrected chi connectivity index (χ3v) is 2.10. The van der Waals surface area contributed by atoms with Gasteiger partial charge in [0.15, 0.2) is 5.65 Å². The van der Waals surface area contributed by atoms with Crippen LogP contribution in [0.4, 0.5) is 0 Å². The van der Waals surface area contributed by atoms with Crippen LogP contribution in [0, 0.1) is 0 Å². The SMILES string of the molecule is CCc1cnc2cncc(C(N)=O)n12. The molecular weight excluding hydrogens is 180 g/mol. The molecule has 14 heavy (non-hydrogen) atoms. The second kappa shape index (κ2) is 3.10.